The van der Waals surface area contributed by atoms with Crippen LogP contribution in [0.2, 0.25) is 0 Å². The van der Waals surface area contributed by atoms with Crippen molar-refractivity contribution in [2.45, 2.75) is 78.4 Å². The van der Waals surface area contributed by atoms with E-state index in [1.54, 1.807) is 7.11 Å². The summed E-state index contributed by atoms with van der Waals surface area (Å²) in [6, 6.07) is 12.0. The molecule has 8 nitrogen and oxygen atoms in total. The molecule has 2 aromatic heterocycles. The first-order chi connectivity index (χ1) is 20.3. The Morgan fingerprint density at radius 3 is 2.52 bits per heavy atom. The predicted octanol–water partition coefficient (Wildman–Crippen LogP) is 7.06. The van der Waals surface area contributed by atoms with E-state index in [0.717, 1.165) is 59.1 Å². The largest absolute Gasteiger partial charge is 0.465 e. The number of hydrogen-bond acceptors (Lipinski definition) is 5. The quantitative estimate of drug-likeness (QED) is 0.142. The zero-order valence-electron chi connectivity index (χ0n) is 25.5. The van der Waals surface area contributed by atoms with Gasteiger partial charge < -0.3 is 14.0 Å². The van der Waals surface area contributed by atoms with E-state index in [2.05, 4.69) is 43.6 Å². The van der Waals surface area contributed by atoms with Gasteiger partial charge in [0.2, 0.25) is 0 Å². The summed E-state index contributed by atoms with van der Waals surface area (Å²) < 4.78 is 16.4. The summed E-state index contributed by atoms with van der Waals surface area (Å²) in [6.45, 7) is 7.73. The number of esters is 1. The number of imidazole rings is 2. The molecule has 4 aromatic rings. The summed E-state index contributed by atoms with van der Waals surface area (Å²) in [5, 5.41) is 0. The third-order valence-electron chi connectivity index (χ3n) is 8.31. The first-order valence-electron chi connectivity index (χ1n) is 14.9. The average Bonchev–Trinajstić information content (AvgIpc) is 3.70. The van der Waals surface area contributed by atoms with E-state index in [-0.39, 0.29) is 11.7 Å². The summed E-state index contributed by atoms with van der Waals surface area (Å²) in [4.78, 5) is 31.3. The molecular weight excluding hydrogens is 528 g/mol. The molecule has 0 radical (unpaired) electrons. The Balaban J connectivity index is 1.68. The van der Waals surface area contributed by atoms with Gasteiger partial charge in [0.15, 0.2) is 0 Å². The number of aromatic nitrogens is 4. The molecule has 1 fully saturated rings. The Morgan fingerprint density at radius 1 is 1.02 bits per heavy atom. The minimum atomic E-state index is -0.384. The van der Waals surface area contributed by atoms with Gasteiger partial charge in [0.05, 0.1) is 47.9 Å². The van der Waals surface area contributed by atoms with Crippen molar-refractivity contribution in [1.82, 2.24) is 18.7 Å². The van der Waals surface area contributed by atoms with E-state index in [4.69, 9.17) is 14.5 Å². The maximum atomic E-state index is 13.9. The highest BCUT2D eigenvalue weighted by atomic mass is 16.5. The Morgan fingerprint density at radius 2 is 1.81 bits per heavy atom. The topological polar surface area (TPSA) is 80.3 Å². The standard InChI is InChI=1S/C34H42N4O4/c1-23(2)10-8-11-24(3)18-19-36-30-15-9-14-27(31(30)37(34(36)40)20-21-41-4)32-35-28-22-25(33(39)42-5)16-17-29(28)38(32)26-12-6-7-13-26/h9-10,14-18,22,26H,6-8,11-13,19-21H2,1-5H3/b24-18+. The van der Waals surface area contributed by atoms with Gasteiger partial charge in [-0.1, -0.05) is 42.2 Å². The van der Waals surface area contributed by atoms with E-state index in [0.29, 0.717) is 31.3 Å². The molecule has 2 aromatic carbocycles. The lowest BCUT2D eigenvalue weighted by molar-refractivity contribution is 0.0601. The maximum absolute atomic E-state index is 13.9. The molecule has 5 rings (SSSR count). The van der Waals surface area contributed by atoms with Gasteiger partial charge in [0, 0.05) is 25.3 Å². The van der Waals surface area contributed by atoms with Crippen LogP contribution in [0.4, 0.5) is 0 Å². The van der Waals surface area contributed by atoms with E-state index in [1.165, 1.54) is 31.1 Å². The molecule has 0 unspecified atom stereocenters. The van der Waals surface area contributed by atoms with Crippen LogP contribution in [0.15, 0.2) is 64.5 Å². The van der Waals surface area contributed by atoms with Gasteiger partial charge in [0.1, 0.15) is 5.82 Å². The highest BCUT2D eigenvalue weighted by Gasteiger charge is 2.26. The fourth-order valence-corrected chi connectivity index (χ4v) is 6.13. The second-order valence-corrected chi connectivity index (χ2v) is 11.5. The molecule has 0 spiro atoms. The molecule has 0 N–H and O–H groups in total. The van der Waals surface area contributed by atoms with Crippen LogP contribution < -0.4 is 5.69 Å². The number of carbonyl (C=O) groups excluding carboxylic acids is 1. The van der Waals surface area contributed by atoms with Crippen LogP contribution >= 0.6 is 0 Å². The number of benzene rings is 2. The van der Waals surface area contributed by atoms with Crippen molar-refractivity contribution in [3.05, 3.63) is 75.7 Å². The Kier molecular flexibility index (Phi) is 9.12. The molecule has 0 amide bonds. The second-order valence-electron chi connectivity index (χ2n) is 11.5. The van der Waals surface area contributed by atoms with Crippen LogP contribution in [-0.4, -0.2) is 45.5 Å². The molecule has 1 aliphatic rings. The van der Waals surface area contributed by atoms with Crippen molar-refractivity contribution in [1.29, 1.82) is 0 Å². The molecule has 1 aliphatic carbocycles. The van der Waals surface area contributed by atoms with Crippen molar-refractivity contribution < 1.29 is 14.3 Å². The highest BCUT2D eigenvalue weighted by molar-refractivity contribution is 5.96. The number of hydrogen-bond donors (Lipinski definition) is 0. The number of ether oxygens (including phenoxy) is 2. The molecule has 1 saturated carbocycles. The van der Waals surface area contributed by atoms with Crippen LogP contribution in [0.5, 0.6) is 0 Å². The van der Waals surface area contributed by atoms with Crippen molar-refractivity contribution in [3.63, 3.8) is 0 Å². The molecule has 222 valence electrons. The smallest absolute Gasteiger partial charge is 0.337 e. The molecule has 2 heterocycles. The first kappa shape index (κ1) is 29.6. The third-order valence-corrected chi connectivity index (χ3v) is 8.31. The monoisotopic (exact) mass is 570 g/mol. The normalized spacial score (nSPS) is 14.3. The van der Waals surface area contributed by atoms with Crippen LogP contribution in [0.25, 0.3) is 33.5 Å². The Hall–Kier alpha value is -3.91. The van der Waals surface area contributed by atoms with Crippen LogP contribution in [0.3, 0.4) is 0 Å². The highest BCUT2D eigenvalue weighted by Crippen LogP contribution is 2.39. The number of para-hydroxylation sites is 1. The molecule has 0 bridgehead atoms. The van der Waals surface area contributed by atoms with Gasteiger partial charge in [-0.2, -0.15) is 0 Å². The van der Waals surface area contributed by atoms with Gasteiger partial charge in [-0.3, -0.25) is 9.13 Å². The van der Waals surface area contributed by atoms with E-state index in [1.807, 2.05) is 39.5 Å². The Labute approximate surface area is 247 Å². The minimum absolute atomic E-state index is 0.0562. The van der Waals surface area contributed by atoms with Gasteiger partial charge in [0.25, 0.3) is 0 Å². The average molecular weight is 571 g/mol. The van der Waals surface area contributed by atoms with E-state index < -0.39 is 0 Å². The van der Waals surface area contributed by atoms with Crippen molar-refractivity contribution in [2.24, 2.45) is 0 Å². The fourth-order valence-electron chi connectivity index (χ4n) is 6.13. The lowest BCUT2D eigenvalue weighted by atomic mass is 10.1. The van der Waals surface area contributed by atoms with Gasteiger partial charge >= 0.3 is 11.7 Å². The summed E-state index contributed by atoms with van der Waals surface area (Å²) in [7, 11) is 3.04. The van der Waals surface area contributed by atoms with Crippen LogP contribution in [0.1, 0.15) is 75.7 Å². The molecule has 0 aliphatic heterocycles. The molecule has 0 atom stereocenters. The number of rotatable bonds is 11. The number of fused-ring (bicyclic) bond motifs is 2. The Bertz CT molecular complexity index is 1710. The SMILES string of the molecule is COCCn1c(=O)n(C/C=C(\C)CCC=C(C)C)c2cccc(-c3nc4cc(C(=O)OC)ccc4n3C3CCCC3)c21. The predicted molar refractivity (Wildman–Crippen MR) is 168 cm³/mol. The maximum Gasteiger partial charge on any atom is 0.337 e. The molecule has 8 heteroatoms. The first-order valence-corrected chi connectivity index (χ1v) is 14.9. The lowest BCUT2D eigenvalue weighted by Gasteiger charge is -2.17. The zero-order chi connectivity index (χ0) is 29.8. The molecule has 42 heavy (non-hydrogen) atoms. The number of carbonyl (C=O) groups is 1. The zero-order valence-corrected chi connectivity index (χ0v) is 25.5. The summed E-state index contributed by atoms with van der Waals surface area (Å²) >= 11 is 0. The van der Waals surface area contributed by atoms with Crippen molar-refractivity contribution in [3.8, 4) is 11.4 Å². The van der Waals surface area contributed by atoms with E-state index in [9.17, 15) is 9.59 Å². The van der Waals surface area contributed by atoms with Crippen LogP contribution in [0, 0.1) is 0 Å². The fraction of sp³-hybridized carbons (Fsp3) is 0.441. The summed E-state index contributed by atoms with van der Waals surface area (Å²) in [5.41, 5.74) is 7.38. The summed E-state index contributed by atoms with van der Waals surface area (Å²) in [5.74, 6) is 0.437. The number of allylic oxidation sites excluding steroid dienone is 4. The van der Waals surface area contributed by atoms with Crippen molar-refractivity contribution >= 4 is 28.0 Å². The number of methoxy groups -OCH3 is 2. The number of nitrogens with zero attached hydrogens (tertiary/aromatic N) is 4. The summed E-state index contributed by atoms with van der Waals surface area (Å²) in [6.07, 6.45) is 10.8. The van der Waals surface area contributed by atoms with Crippen molar-refractivity contribution in [2.75, 3.05) is 20.8 Å². The second kappa shape index (κ2) is 12.9. The minimum Gasteiger partial charge on any atom is -0.465 e. The van der Waals surface area contributed by atoms with E-state index >= 15 is 0 Å². The molecular formula is C34H42N4O4. The van der Waals surface area contributed by atoms with Crippen LogP contribution in [-0.2, 0) is 22.6 Å². The molecule has 0 saturated heterocycles. The van der Waals surface area contributed by atoms with Gasteiger partial charge in [-0.05, 0) is 76.8 Å². The van der Waals surface area contributed by atoms with Gasteiger partial charge in [-0.25, -0.2) is 14.6 Å². The third kappa shape index (κ3) is 5.86. The lowest BCUT2D eigenvalue weighted by Crippen LogP contribution is -2.25. The van der Waals surface area contributed by atoms with Gasteiger partial charge in [-0.15, -0.1) is 0 Å².